The fourth-order valence-corrected chi connectivity index (χ4v) is 4.63. The zero-order valence-corrected chi connectivity index (χ0v) is 16.3. The summed E-state index contributed by atoms with van der Waals surface area (Å²) in [5, 5.41) is 2.07. The molecule has 4 rings (SSSR count). The molecule has 2 aromatic rings. The maximum atomic E-state index is 12.7. The van der Waals surface area contributed by atoms with Crippen LogP contribution in [0.15, 0.2) is 41.8 Å². The van der Waals surface area contributed by atoms with E-state index in [0.29, 0.717) is 38.5 Å². The summed E-state index contributed by atoms with van der Waals surface area (Å²) in [5.41, 5.74) is 0.982. The molecule has 2 heterocycles. The fraction of sp³-hybridized carbons (Fsp3) is 0.429. The van der Waals surface area contributed by atoms with Gasteiger partial charge in [0.2, 0.25) is 11.8 Å². The lowest BCUT2D eigenvalue weighted by Crippen LogP contribution is -2.51. The molecule has 2 atom stereocenters. The van der Waals surface area contributed by atoms with E-state index in [0.717, 1.165) is 17.7 Å². The normalized spacial score (nSPS) is 21.8. The highest BCUT2D eigenvalue weighted by molar-refractivity contribution is 7.10. The van der Waals surface area contributed by atoms with Crippen LogP contribution in [0.25, 0.3) is 0 Å². The van der Waals surface area contributed by atoms with Gasteiger partial charge in [0.25, 0.3) is 0 Å². The maximum absolute atomic E-state index is 12.7. The molecular weight excluding hydrogens is 360 g/mol. The quantitative estimate of drug-likeness (QED) is 0.797. The van der Waals surface area contributed by atoms with Gasteiger partial charge in [-0.15, -0.1) is 11.3 Å². The third-order valence-electron chi connectivity index (χ3n) is 5.47. The lowest BCUT2D eigenvalue weighted by Gasteiger charge is -2.35. The van der Waals surface area contributed by atoms with Crippen molar-refractivity contribution in [3.05, 3.63) is 52.2 Å². The van der Waals surface area contributed by atoms with Crippen LogP contribution in [-0.2, 0) is 16.0 Å². The number of rotatable bonds is 5. The van der Waals surface area contributed by atoms with Gasteiger partial charge in [0, 0.05) is 42.9 Å². The average molecular weight is 385 g/mol. The molecule has 0 unspecified atom stereocenters. The van der Waals surface area contributed by atoms with Gasteiger partial charge < -0.3 is 14.5 Å². The fourth-order valence-electron chi connectivity index (χ4n) is 3.73. The van der Waals surface area contributed by atoms with Crippen LogP contribution in [0.3, 0.4) is 0 Å². The molecule has 6 heteroatoms. The average Bonchev–Trinajstić information content (AvgIpc) is 3.32. The van der Waals surface area contributed by atoms with Gasteiger partial charge >= 0.3 is 0 Å². The third kappa shape index (κ3) is 4.00. The molecule has 1 aliphatic heterocycles. The molecule has 0 spiro atoms. The van der Waals surface area contributed by atoms with Gasteiger partial charge in [0.1, 0.15) is 5.75 Å². The van der Waals surface area contributed by atoms with Gasteiger partial charge in [0.15, 0.2) is 0 Å². The summed E-state index contributed by atoms with van der Waals surface area (Å²) >= 11 is 1.74. The first kappa shape index (κ1) is 18.0. The van der Waals surface area contributed by atoms with Gasteiger partial charge in [-0.3, -0.25) is 9.59 Å². The lowest BCUT2D eigenvalue weighted by atomic mass is 10.1. The lowest BCUT2D eigenvalue weighted by molar-refractivity contribution is -0.140. The predicted molar refractivity (Wildman–Crippen MR) is 105 cm³/mol. The number of thiophene rings is 1. The first-order valence-electron chi connectivity index (χ1n) is 9.38. The standard InChI is InChI=1S/C21H24N2O3S/c1-26-16-6-4-15(5-7-16)13-20(24)22-8-10-23(11-9-22)21(25)18-14-17(18)19-3-2-12-27-19/h2-7,12,17-18H,8-11,13-14H2,1H3/t17-,18+/m1/s1. The Kier molecular flexibility index (Phi) is 5.16. The topological polar surface area (TPSA) is 49.9 Å². The minimum atomic E-state index is 0.121. The van der Waals surface area contributed by atoms with E-state index in [1.54, 1.807) is 18.4 Å². The third-order valence-corrected chi connectivity index (χ3v) is 6.48. The van der Waals surface area contributed by atoms with Gasteiger partial charge in [-0.2, -0.15) is 0 Å². The monoisotopic (exact) mass is 384 g/mol. The second-order valence-corrected chi connectivity index (χ2v) is 8.17. The Morgan fingerprint density at radius 3 is 2.41 bits per heavy atom. The second kappa shape index (κ2) is 7.72. The predicted octanol–water partition coefficient (Wildman–Crippen LogP) is 2.77. The van der Waals surface area contributed by atoms with E-state index < -0.39 is 0 Å². The Morgan fingerprint density at radius 2 is 1.78 bits per heavy atom. The van der Waals surface area contributed by atoms with E-state index in [-0.39, 0.29) is 17.7 Å². The summed E-state index contributed by atoms with van der Waals surface area (Å²) in [6.45, 7) is 2.52. The number of piperazine rings is 1. The molecule has 0 bridgehead atoms. The van der Waals surface area contributed by atoms with Crippen molar-refractivity contribution in [3.63, 3.8) is 0 Å². The van der Waals surface area contributed by atoms with Crippen molar-refractivity contribution in [3.8, 4) is 5.75 Å². The summed E-state index contributed by atoms with van der Waals surface area (Å²) in [5.74, 6) is 1.72. The molecule has 1 saturated heterocycles. The molecule has 2 amide bonds. The van der Waals surface area contributed by atoms with E-state index in [4.69, 9.17) is 4.74 Å². The Hall–Kier alpha value is -2.34. The van der Waals surface area contributed by atoms with Crippen LogP contribution in [-0.4, -0.2) is 54.9 Å². The smallest absolute Gasteiger partial charge is 0.227 e. The number of carbonyl (C=O) groups excluding carboxylic acids is 2. The van der Waals surface area contributed by atoms with Gasteiger partial charge in [-0.1, -0.05) is 18.2 Å². The van der Waals surface area contributed by atoms with E-state index in [1.165, 1.54) is 4.88 Å². The first-order chi connectivity index (χ1) is 13.2. The highest BCUT2D eigenvalue weighted by Gasteiger charge is 2.46. The SMILES string of the molecule is COc1ccc(CC(=O)N2CCN(C(=O)[C@H]3C[C@H]3c3cccs3)CC2)cc1. The van der Waals surface area contributed by atoms with E-state index in [2.05, 4.69) is 11.4 Å². The molecule has 142 valence electrons. The van der Waals surface area contributed by atoms with Crippen LogP contribution in [0.5, 0.6) is 5.75 Å². The van der Waals surface area contributed by atoms with Gasteiger partial charge in [0.05, 0.1) is 13.5 Å². The summed E-state index contributed by atoms with van der Waals surface area (Å²) in [6, 6.07) is 11.8. The number of nitrogens with zero attached hydrogens (tertiary/aromatic N) is 2. The number of amides is 2. The Bertz CT molecular complexity index is 795. The Labute approximate surface area is 163 Å². The van der Waals surface area contributed by atoms with E-state index in [1.807, 2.05) is 40.1 Å². The number of methoxy groups -OCH3 is 1. The molecular formula is C21H24N2O3S. The number of carbonyl (C=O) groups is 2. The number of benzene rings is 1. The summed E-state index contributed by atoms with van der Waals surface area (Å²) in [4.78, 5) is 30.4. The number of ether oxygens (including phenoxy) is 1. The zero-order valence-electron chi connectivity index (χ0n) is 15.5. The maximum Gasteiger partial charge on any atom is 0.227 e. The van der Waals surface area contributed by atoms with Crippen molar-refractivity contribution in [1.29, 1.82) is 0 Å². The van der Waals surface area contributed by atoms with E-state index in [9.17, 15) is 9.59 Å². The molecule has 0 N–H and O–H groups in total. The van der Waals surface area contributed by atoms with Crippen molar-refractivity contribution >= 4 is 23.2 Å². The Balaban J connectivity index is 1.26. The molecule has 1 aliphatic carbocycles. The molecule has 1 saturated carbocycles. The molecule has 0 radical (unpaired) electrons. The van der Waals surface area contributed by atoms with Gasteiger partial charge in [-0.25, -0.2) is 0 Å². The largest absolute Gasteiger partial charge is 0.497 e. The van der Waals surface area contributed by atoms with Gasteiger partial charge in [-0.05, 0) is 35.6 Å². The van der Waals surface area contributed by atoms with Crippen molar-refractivity contribution in [1.82, 2.24) is 9.80 Å². The highest BCUT2D eigenvalue weighted by atomic mass is 32.1. The van der Waals surface area contributed by atoms with Crippen molar-refractivity contribution in [2.45, 2.75) is 18.8 Å². The van der Waals surface area contributed by atoms with E-state index >= 15 is 0 Å². The molecule has 2 fully saturated rings. The molecule has 5 nitrogen and oxygen atoms in total. The van der Waals surface area contributed by atoms with Crippen molar-refractivity contribution in [2.24, 2.45) is 5.92 Å². The highest BCUT2D eigenvalue weighted by Crippen LogP contribution is 2.50. The van der Waals surface area contributed by atoms with Crippen LogP contribution >= 0.6 is 11.3 Å². The summed E-state index contributed by atoms with van der Waals surface area (Å²) < 4.78 is 5.15. The zero-order chi connectivity index (χ0) is 18.8. The molecule has 1 aromatic heterocycles. The summed E-state index contributed by atoms with van der Waals surface area (Å²) in [6.07, 6.45) is 1.36. The second-order valence-electron chi connectivity index (χ2n) is 7.20. The first-order valence-corrected chi connectivity index (χ1v) is 10.3. The van der Waals surface area contributed by atoms with Crippen LogP contribution < -0.4 is 4.74 Å². The van der Waals surface area contributed by atoms with Crippen molar-refractivity contribution in [2.75, 3.05) is 33.3 Å². The minimum Gasteiger partial charge on any atom is -0.497 e. The number of hydrogen-bond acceptors (Lipinski definition) is 4. The minimum absolute atomic E-state index is 0.121. The number of hydrogen-bond donors (Lipinski definition) is 0. The van der Waals surface area contributed by atoms with Crippen LogP contribution in [0.4, 0.5) is 0 Å². The molecule has 27 heavy (non-hydrogen) atoms. The summed E-state index contributed by atoms with van der Waals surface area (Å²) in [7, 11) is 1.63. The van der Waals surface area contributed by atoms with Crippen LogP contribution in [0, 0.1) is 5.92 Å². The molecule has 2 aliphatic rings. The van der Waals surface area contributed by atoms with Crippen molar-refractivity contribution < 1.29 is 14.3 Å². The van der Waals surface area contributed by atoms with Crippen LogP contribution in [0.2, 0.25) is 0 Å². The molecule has 1 aromatic carbocycles. The van der Waals surface area contributed by atoms with Crippen LogP contribution in [0.1, 0.15) is 22.8 Å². The Morgan fingerprint density at radius 1 is 1.07 bits per heavy atom.